The van der Waals surface area contributed by atoms with Crippen LogP contribution in [0.4, 0.5) is 21.9 Å². The molecule has 0 aliphatic carbocycles. The quantitative estimate of drug-likeness (QED) is 0.871. The number of rotatable bonds is 5. The second kappa shape index (κ2) is 7.25. The Kier molecular flexibility index (Phi) is 4.88. The Labute approximate surface area is 146 Å². The van der Waals surface area contributed by atoms with Gasteiger partial charge in [-0.2, -0.15) is 0 Å². The van der Waals surface area contributed by atoms with Crippen LogP contribution in [0.15, 0.2) is 48.5 Å². The lowest BCUT2D eigenvalue weighted by Crippen LogP contribution is -2.23. The van der Waals surface area contributed by atoms with Crippen LogP contribution in [-0.2, 0) is 4.74 Å². The lowest BCUT2D eigenvalue weighted by atomic mass is 10.1. The Hall–Kier alpha value is -3.02. The maximum atomic E-state index is 12.5. The number of carbonyl (C=O) groups excluding carboxylic acids is 2. The average Bonchev–Trinajstić information content (AvgIpc) is 3.01. The maximum Gasteiger partial charge on any atom is 0.414 e. The largest absolute Gasteiger partial charge is 0.447 e. The number of cyclic esters (lactones) is 1. The molecule has 1 saturated heterocycles. The van der Waals surface area contributed by atoms with E-state index in [2.05, 4.69) is 10.6 Å². The molecule has 2 aromatic rings. The predicted molar refractivity (Wildman–Crippen MR) is 98.3 cm³/mol. The zero-order chi connectivity index (χ0) is 17.8. The molecular weight excluding hydrogens is 318 g/mol. The molecule has 3 rings (SSSR count). The topological polar surface area (TPSA) is 70.7 Å². The van der Waals surface area contributed by atoms with Gasteiger partial charge < -0.3 is 15.4 Å². The Morgan fingerprint density at radius 3 is 2.60 bits per heavy atom. The highest BCUT2D eigenvalue weighted by atomic mass is 16.6. The van der Waals surface area contributed by atoms with Gasteiger partial charge in [0.05, 0.1) is 6.54 Å². The number of nitrogens with zero attached hydrogens (tertiary/aromatic N) is 1. The van der Waals surface area contributed by atoms with Crippen LogP contribution in [0, 0.1) is 0 Å². The third kappa shape index (κ3) is 4.09. The van der Waals surface area contributed by atoms with E-state index in [0.29, 0.717) is 30.1 Å². The van der Waals surface area contributed by atoms with Gasteiger partial charge in [-0.1, -0.05) is 12.1 Å². The number of ether oxygens (including phenoxy) is 1. The summed E-state index contributed by atoms with van der Waals surface area (Å²) in [5.41, 5.74) is 2.80. The van der Waals surface area contributed by atoms with Crippen molar-refractivity contribution in [2.75, 3.05) is 28.7 Å². The van der Waals surface area contributed by atoms with Gasteiger partial charge in [-0.3, -0.25) is 9.69 Å². The fraction of sp³-hybridized carbons (Fsp3) is 0.263. The molecule has 2 aromatic carbocycles. The van der Waals surface area contributed by atoms with E-state index < -0.39 is 0 Å². The zero-order valence-electron chi connectivity index (χ0n) is 14.3. The molecule has 1 aliphatic heterocycles. The highest BCUT2D eigenvalue weighted by Gasteiger charge is 2.23. The summed E-state index contributed by atoms with van der Waals surface area (Å²) in [6.45, 7) is 4.98. The van der Waals surface area contributed by atoms with Gasteiger partial charge >= 0.3 is 6.09 Å². The lowest BCUT2D eigenvalue weighted by Gasteiger charge is -2.14. The Bertz CT molecular complexity index is 789. The molecule has 6 heteroatoms. The third-order valence-corrected chi connectivity index (χ3v) is 3.76. The summed E-state index contributed by atoms with van der Waals surface area (Å²) in [6.07, 6.45) is -0.365. The van der Waals surface area contributed by atoms with Gasteiger partial charge in [0.2, 0.25) is 0 Å². The summed E-state index contributed by atoms with van der Waals surface area (Å²) in [7, 11) is 0. The fourth-order valence-electron chi connectivity index (χ4n) is 2.67. The number of hydrogen-bond donors (Lipinski definition) is 2. The maximum absolute atomic E-state index is 12.5. The minimum Gasteiger partial charge on any atom is -0.447 e. The minimum atomic E-state index is -0.365. The normalized spacial score (nSPS) is 13.7. The van der Waals surface area contributed by atoms with Crippen LogP contribution in [0.1, 0.15) is 24.2 Å². The van der Waals surface area contributed by atoms with Gasteiger partial charge in [0.15, 0.2) is 0 Å². The molecule has 1 fully saturated rings. The summed E-state index contributed by atoms with van der Waals surface area (Å²) in [4.78, 5) is 25.7. The van der Waals surface area contributed by atoms with Crippen molar-refractivity contribution in [2.24, 2.45) is 0 Å². The second-order valence-electron chi connectivity index (χ2n) is 6.15. The average molecular weight is 339 g/mol. The second-order valence-corrected chi connectivity index (χ2v) is 6.15. The summed E-state index contributed by atoms with van der Waals surface area (Å²) in [5, 5.41) is 6.15. The highest BCUT2D eigenvalue weighted by molar-refractivity contribution is 6.05. The number of hydrogen-bond acceptors (Lipinski definition) is 4. The first-order chi connectivity index (χ1) is 12.0. The van der Waals surface area contributed by atoms with Crippen molar-refractivity contribution in [2.45, 2.75) is 19.9 Å². The van der Waals surface area contributed by atoms with Crippen molar-refractivity contribution in [1.29, 1.82) is 0 Å². The summed E-state index contributed by atoms with van der Waals surface area (Å²) >= 11 is 0. The van der Waals surface area contributed by atoms with E-state index in [9.17, 15) is 9.59 Å². The van der Waals surface area contributed by atoms with E-state index in [1.807, 2.05) is 38.1 Å². The van der Waals surface area contributed by atoms with E-state index in [1.165, 1.54) is 0 Å². The molecule has 0 aromatic heterocycles. The van der Waals surface area contributed by atoms with Crippen LogP contribution in [0.2, 0.25) is 0 Å². The molecule has 6 nitrogen and oxygen atoms in total. The van der Waals surface area contributed by atoms with E-state index in [0.717, 1.165) is 5.69 Å². The molecule has 0 bridgehead atoms. The van der Waals surface area contributed by atoms with Crippen molar-refractivity contribution in [3.63, 3.8) is 0 Å². The first-order valence-electron chi connectivity index (χ1n) is 8.25. The Morgan fingerprint density at radius 2 is 1.88 bits per heavy atom. The smallest absolute Gasteiger partial charge is 0.414 e. The molecule has 1 heterocycles. The lowest BCUT2D eigenvalue weighted by molar-refractivity contribution is 0.102. The SMILES string of the molecule is CC(C)Nc1cccc(C(=O)Nc2cccc(N3CCOC3=O)c2)c1. The van der Waals surface area contributed by atoms with Gasteiger partial charge in [-0.25, -0.2) is 4.79 Å². The molecule has 2 amide bonds. The van der Waals surface area contributed by atoms with Crippen LogP contribution in [0.25, 0.3) is 0 Å². The zero-order valence-corrected chi connectivity index (χ0v) is 14.3. The fourth-order valence-corrected chi connectivity index (χ4v) is 2.67. The van der Waals surface area contributed by atoms with Crippen LogP contribution < -0.4 is 15.5 Å². The van der Waals surface area contributed by atoms with E-state index in [-0.39, 0.29) is 18.0 Å². The van der Waals surface area contributed by atoms with Crippen molar-refractivity contribution >= 4 is 29.1 Å². The number of amides is 2. The molecule has 0 radical (unpaired) electrons. The molecule has 0 unspecified atom stereocenters. The predicted octanol–water partition coefficient (Wildman–Crippen LogP) is 3.72. The molecule has 2 N–H and O–H groups in total. The number of benzene rings is 2. The van der Waals surface area contributed by atoms with E-state index >= 15 is 0 Å². The molecule has 1 aliphatic rings. The van der Waals surface area contributed by atoms with Gasteiger partial charge in [0.1, 0.15) is 6.61 Å². The Morgan fingerprint density at radius 1 is 1.12 bits per heavy atom. The third-order valence-electron chi connectivity index (χ3n) is 3.76. The first-order valence-corrected chi connectivity index (χ1v) is 8.25. The van der Waals surface area contributed by atoms with Gasteiger partial charge in [-0.05, 0) is 50.2 Å². The highest BCUT2D eigenvalue weighted by Crippen LogP contribution is 2.23. The standard InChI is InChI=1S/C19H21N3O3/c1-13(2)20-15-6-3-5-14(11-15)18(23)21-16-7-4-8-17(12-16)22-9-10-25-19(22)24/h3-8,11-13,20H,9-10H2,1-2H3,(H,21,23). The molecule has 0 atom stereocenters. The Balaban J connectivity index is 1.74. The van der Waals surface area contributed by atoms with Crippen molar-refractivity contribution in [1.82, 2.24) is 0 Å². The summed E-state index contributed by atoms with van der Waals surface area (Å²) in [6, 6.07) is 14.8. The molecule has 25 heavy (non-hydrogen) atoms. The number of anilines is 3. The van der Waals surface area contributed by atoms with Crippen LogP contribution in [0.3, 0.4) is 0 Å². The first kappa shape index (κ1) is 16.8. The van der Waals surface area contributed by atoms with Gasteiger partial charge in [-0.15, -0.1) is 0 Å². The molecular formula is C19H21N3O3. The van der Waals surface area contributed by atoms with Crippen molar-refractivity contribution in [3.8, 4) is 0 Å². The van der Waals surface area contributed by atoms with Gasteiger partial charge in [0, 0.05) is 28.7 Å². The number of carbonyl (C=O) groups is 2. The minimum absolute atomic E-state index is 0.200. The molecule has 130 valence electrons. The van der Waals surface area contributed by atoms with Crippen molar-refractivity contribution in [3.05, 3.63) is 54.1 Å². The van der Waals surface area contributed by atoms with E-state index in [4.69, 9.17) is 4.74 Å². The van der Waals surface area contributed by atoms with Crippen LogP contribution in [-0.4, -0.2) is 31.2 Å². The van der Waals surface area contributed by atoms with Crippen LogP contribution in [0.5, 0.6) is 0 Å². The number of nitrogens with one attached hydrogen (secondary N) is 2. The molecule has 0 spiro atoms. The van der Waals surface area contributed by atoms with Gasteiger partial charge in [0.25, 0.3) is 5.91 Å². The molecule has 0 saturated carbocycles. The summed E-state index contributed by atoms with van der Waals surface area (Å²) in [5.74, 6) is -0.200. The van der Waals surface area contributed by atoms with Crippen molar-refractivity contribution < 1.29 is 14.3 Å². The van der Waals surface area contributed by atoms with E-state index in [1.54, 1.807) is 29.2 Å². The van der Waals surface area contributed by atoms with Crippen LogP contribution >= 0.6 is 0 Å². The monoisotopic (exact) mass is 339 g/mol. The summed E-state index contributed by atoms with van der Waals surface area (Å²) < 4.78 is 4.95.